The number of hydrogen-bond acceptors (Lipinski definition) is 4. The van der Waals surface area contributed by atoms with Crippen molar-refractivity contribution in [1.29, 1.82) is 0 Å². The van der Waals surface area contributed by atoms with Gasteiger partial charge in [-0.3, -0.25) is 13.8 Å². The van der Waals surface area contributed by atoms with Crippen LogP contribution < -0.4 is 4.74 Å². The molecule has 0 fully saturated rings. The maximum absolute atomic E-state index is 6.79. The highest BCUT2D eigenvalue weighted by atomic mass is 16.5. The monoisotopic (exact) mass is 711 g/mol. The standard InChI is InChI=1S/C49H37N5O/c1-28(2)32-11-9-12-33(29(3)4)46(32)37-13-10-18-44-47(37)36-22-20-31(26-39(36)49-52-40-14-5-7-16-42(40)53(44)49)55-30-19-21-34-35-23-24-50-27-45(35)54-43-17-8-6-15-41(43)51-48(54)38(34)25-30/h5-29H,1-4H3. The smallest absolute Gasteiger partial charge is 0.146 e. The van der Waals surface area contributed by atoms with E-state index < -0.39 is 0 Å². The van der Waals surface area contributed by atoms with E-state index in [9.17, 15) is 0 Å². The van der Waals surface area contributed by atoms with Crippen molar-refractivity contribution in [3.63, 3.8) is 0 Å². The van der Waals surface area contributed by atoms with Crippen molar-refractivity contribution in [2.45, 2.75) is 39.5 Å². The van der Waals surface area contributed by atoms with Crippen LogP contribution >= 0.6 is 0 Å². The number of para-hydroxylation sites is 4. The fraction of sp³-hybridized carbons (Fsp3) is 0.122. The second kappa shape index (κ2) is 11.9. The lowest BCUT2D eigenvalue weighted by Crippen LogP contribution is -2.01. The normalized spacial score (nSPS) is 12.3. The molecule has 0 saturated heterocycles. The summed E-state index contributed by atoms with van der Waals surface area (Å²) >= 11 is 0. The van der Waals surface area contributed by atoms with E-state index in [1.165, 1.54) is 27.6 Å². The summed E-state index contributed by atoms with van der Waals surface area (Å²) in [5.74, 6) is 2.22. The summed E-state index contributed by atoms with van der Waals surface area (Å²) in [5.41, 5.74) is 13.3. The minimum Gasteiger partial charge on any atom is -0.457 e. The van der Waals surface area contributed by atoms with Gasteiger partial charge in [-0.25, -0.2) is 9.97 Å². The van der Waals surface area contributed by atoms with Gasteiger partial charge in [0.2, 0.25) is 0 Å². The number of benzene rings is 6. The molecule has 6 heteroatoms. The highest BCUT2D eigenvalue weighted by molar-refractivity contribution is 6.19. The van der Waals surface area contributed by atoms with Crippen LogP contribution in [-0.2, 0) is 0 Å². The molecule has 0 saturated carbocycles. The van der Waals surface area contributed by atoms with Crippen LogP contribution in [0.3, 0.4) is 0 Å². The van der Waals surface area contributed by atoms with Crippen LogP contribution in [0.5, 0.6) is 11.5 Å². The zero-order valence-corrected chi connectivity index (χ0v) is 31.1. The van der Waals surface area contributed by atoms with Gasteiger partial charge in [-0.15, -0.1) is 0 Å². The van der Waals surface area contributed by atoms with Gasteiger partial charge in [-0.05, 0) is 118 Å². The quantitative estimate of drug-likeness (QED) is 0.167. The van der Waals surface area contributed by atoms with Crippen molar-refractivity contribution in [3.8, 4) is 22.6 Å². The van der Waals surface area contributed by atoms with Crippen molar-refractivity contribution in [3.05, 3.63) is 151 Å². The Balaban J connectivity index is 1.16. The van der Waals surface area contributed by atoms with Crippen LogP contribution in [-0.4, -0.2) is 23.8 Å². The van der Waals surface area contributed by atoms with E-state index >= 15 is 0 Å². The SMILES string of the molecule is CC(C)c1cccc(C(C)C)c1-c1cccc2c1c1ccc(Oc3ccc4c5ccncc5n5c6ccccc6nc5c4c3)cc1c1nc3ccccc3n21. The molecular formula is C49H37N5O. The molecule has 5 heterocycles. The lowest BCUT2D eigenvalue weighted by atomic mass is 9.83. The molecule has 0 spiro atoms. The topological polar surface area (TPSA) is 56.7 Å². The summed E-state index contributed by atoms with van der Waals surface area (Å²) in [6.45, 7) is 9.18. The van der Waals surface area contributed by atoms with Gasteiger partial charge >= 0.3 is 0 Å². The van der Waals surface area contributed by atoms with E-state index in [2.05, 4.69) is 163 Å². The van der Waals surface area contributed by atoms with Crippen molar-refractivity contribution in [2.75, 3.05) is 0 Å². The summed E-state index contributed by atoms with van der Waals surface area (Å²) < 4.78 is 11.3. The molecular weight excluding hydrogens is 675 g/mol. The number of nitrogens with zero attached hydrogens (tertiary/aromatic N) is 5. The first-order valence-corrected chi connectivity index (χ1v) is 19.1. The summed E-state index contributed by atoms with van der Waals surface area (Å²) in [7, 11) is 0. The largest absolute Gasteiger partial charge is 0.457 e. The molecule has 0 amide bonds. The number of imidazole rings is 2. The van der Waals surface area contributed by atoms with Crippen LogP contribution in [0.4, 0.5) is 0 Å². The zero-order chi connectivity index (χ0) is 36.9. The maximum atomic E-state index is 6.79. The summed E-state index contributed by atoms with van der Waals surface area (Å²) in [4.78, 5) is 14.8. The molecule has 0 unspecified atom stereocenters. The highest BCUT2D eigenvalue weighted by Gasteiger charge is 2.22. The van der Waals surface area contributed by atoms with Crippen LogP contribution in [0.1, 0.15) is 50.7 Å². The van der Waals surface area contributed by atoms with Crippen LogP contribution in [0.25, 0.3) is 87.8 Å². The molecule has 55 heavy (non-hydrogen) atoms. The lowest BCUT2D eigenvalue weighted by molar-refractivity contribution is 0.484. The Bertz CT molecular complexity index is 3340. The fourth-order valence-corrected chi connectivity index (χ4v) is 8.91. The zero-order valence-electron chi connectivity index (χ0n) is 31.1. The predicted molar refractivity (Wildman–Crippen MR) is 227 cm³/mol. The van der Waals surface area contributed by atoms with Gasteiger partial charge in [0, 0.05) is 27.7 Å². The Kier molecular flexibility index (Phi) is 6.84. The molecule has 0 aliphatic carbocycles. The maximum Gasteiger partial charge on any atom is 0.146 e. The fourth-order valence-electron chi connectivity index (χ4n) is 8.91. The predicted octanol–water partition coefficient (Wildman–Crippen LogP) is 13.0. The number of hydrogen-bond donors (Lipinski definition) is 0. The molecule has 11 aromatic rings. The number of ether oxygens (including phenoxy) is 1. The van der Waals surface area contributed by atoms with Gasteiger partial charge in [0.15, 0.2) is 0 Å². The highest BCUT2D eigenvalue weighted by Crippen LogP contribution is 2.44. The van der Waals surface area contributed by atoms with Gasteiger partial charge in [0.1, 0.15) is 22.8 Å². The number of pyridine rings is 3. The minimum atomic E-state index is 0.367. The second-order valence-corrected chi connectivity index (χ2v) is 15.2. The molecule has 6 nitrogen and oxygen atoms in total. The molecule has 0 radical (unpaired) electrons. The summed E-state index contributed by atoms with van der Waals surface area (Å²) in [6, 6.07) is 45.2. The summed E-state index contributed by atoms with van der Waals surface area (Å²) in [5, 5.41) is 6.67. The number of rotatable bonds is 5. The number of aromatic nitrogens is 5. The van der Waals surface area contributed by atoms with Gasteiger partial charge < -0.3 is 4.74 Å². The van der Waals surface area contributed by atoms with Crippen LogP contribution in [0.2, 0.25) is 0 Å². The van der Waals surface area contributed by atoms with Crippen LogP contribution in [0.15, 0.2) is 140 Å². The first-order chi connectivity index (χ1) is 26.9. The Hall–Kier alpha value is -6.79. The molecule has 264 valence electrons. The molecule has 0 atom stereocenters. The van der Waals surface area contributed by atoms with Crippen molar-refractivity contribution >= 4 is 76.7 Å². The summed E-state index contributed by atoms with van der Waals surface area (Å²) in [6.07, 6.45) is 3.78. The molecule has 0 aliphatic rings. The van der Waals surface area contributed by atoms with Crippen molar-refractivity contribution in [1.82, 2.24) is 23.8 Å². The average Bonchev–Trinajstić information content (AvgIpc) is 3.81. The molecule has 0 bridgehead atoms. The Labute approximate surface area is 317 Å². The molecule has 6 aromatic carbocycles. The van der Waals surface area contributed by atoms with Crippen molar-refractivity contribution in [2.24, 2.45) is 0 Å². The lowest BCUT2D eigenvalue weighted by Gasteiger charge is -2.22. The third-order valence-electron chi connectivity index (χ3n) is 11.3. The molecule has 11 rings (SSSR count). The van der Waals surface area contributed by atoms with Crippen molar-refractivity contribution < 1.29 is 4.74 Å². The Morgan fingerprint density at radius 2 is 1.05 bits per heavy atom. The van der Waals surface area contributed by atoms with E-state index in [1.807, 2.05) is 18.5 Å². The van der Waals surface area contributed by atoms with Gasteiger partial charge in [-0.2, -0.15) is 0 Å². The van der Waals surface area contributed by atoms with Gasteiger partial charge in [0.25, 0.3) is 0 Å². The Morgan fingerprint density at radius 1 is 0.491 bits per heavy atom. The first kappa shape index (κ1) is 31.7. The average molecular weight is 712 g/mol. The second-order valence-electron chi connectivity index (χ2n) is 15.2. The molecule has 0 N–H and O–H groups in total. The Morgan fingerprint density at radius 3 is 1.71 bits per heavy atom. The van der Waals surface area contributed by atoms with E-state index in [1.54, 1.807) is 0 Å². The van der Waals surface area contributed by atoms with Gasteiger partial charge in [0.05, 0.1) is 39.3 Å². The van der Waals surface area contributed by atoms with Gasteiger partial charge in [-0.1, -0.05) is 82.3 Å². The van der Waals surface area contributed by atoms with E-state index in [4.69, 9.17) is 14.7 Å². The van der Waals surface area contributed by atoms with E-state index in [-0.39, 0.29) is 0 Å². The number of fused-ring (bicyclic) bond motifs is 16. The first-order valence-electron chi connectivity index (χ1n) is 19.1. The molecule has 5 aromatic heterocycles. The van der Waals surface area contributed by atoms with Crippen LogP contribution in [0, 0.1) is 0 Å². The third kappa shape index (κ3) is 4.64. The van der Waals surface area contributed by atoms with E-state index in [0.29, 0.717) is 11.8 Å². The third-order valence-corrected chi connectivity index (χ3v) is 11.3. The van der Waals surface area contributed by atoms with E-state index in [0.717, 1.165) is 82.8 Å². The minimum absolute atomic E-state index is 0.367. The molecule has 0 aliphatic heterocycles.